The molecule has 86 valence electrons. The average molecular weight is 222 g/mol. The van der Waals surface area contributed by atoms with E-state index in [0.717, 1.165) is 11.0 Å². The smallest absolute Gasteiger partial charge is 0.161 e. The molecule has 0 bridgehead atoms. The fourth-order valence-electron chi connectivity index (χ4n) is 1.68. The van der Waals surface area contributed by atoms with E-state index in [4.69, 9.17) is 15.6 Å². The lowest BCUT2D eigenvalue weighted by Crippen LogP contribution is -2.16. The highest BCUT2D eigenvalue weighted by molar-refractivity contribution is 5.83. The highest BCUT2D eigenvalue weighted by atomic mass is 16.5. The number of aliphatic hydroxyl groups excluding tert-OH is 1. The monoisotopic (exact) mass is 222 g/mol. The first-order chi connectivity index (χ1) is 7.69. The predicted molar refractivity (Wildman–Crippen MR) is 59.1 cm³/mol. The van der Waals surface area contributed by atoms with Crippen molar-refractivity contribution < 1.29 is 9.84 Å². The summed E-state index contributed by atoms with van der Waals surface area (Å²) in [4.78, 5) is 4.25. The van der Waals surface area contributed by atoms with Crippen LogP contribution < -0.4 is 10.5 Å². The molecule has 2 heterocycles. The number of pyridine rings is 1. The van der Waals surface area contributed by atoms with Crippen molar-refractivity contribution in [3.8, 4) is 5.75 Å². The minimum atomic E-state index is -0.493. The van der Waals surface area contributed by atoms with Gasteiger partial charge < -0.3 is 15.6 Å². The van der Waals surface area contributed by atoms with Gasteiger partial charge >= 0.3 is 0 Å². The molecule has 0 amide bonds. The first-order valence-electron chi connectivity index (χ1n) is 4.90. The molecule has 0 saturated carbocycles. The van der Waals surface area contributed by atoms with Crippen molar-refractivity contribution >= 4 is 11.0 Å². The summed E-state index contributed by atoms with van der Waals surface area (Å²) < 4.78 is 6.97. The molecule has 2 aromatic heterocycles. The zero-order valence-electron chi connectivity index (χ0n) is 9.21. The van der Waals surface area contributed by atoms with E-state index in [9.17, 15) is 0 Å². The summed E-state index contributed by atoms with van der Waals surface area (Å²) in [6.45, 7) is -0.149. The molecule has 0 aliphatic carbocycles. The van der Waals surface area contributed by atoms with Crippen molar-refractivity contribution in [3.05, 3.63) is 18.0 Å². The number of hydrogen-bond donors (Lipinski definition) is 2. The van der Waals surface area contributed by atoms with E-state index < -0.39 is 6.04 Å². The van der Waals surface area contributed by atoms with Gasteiger partial charge in [0.05, 0.1) is 31.3 Å². The normalized spacial score (nSPS) is 13.0. The lowest BCUT2D eigenvalue weighted by Gasteiger charge is -2.13. The van der Waals surface area contributed by atoms with E-state index in [-0.39, 0.29) is 6.61 Å². The SMILES string of the molecule is COc1c(C(N)CO)cnc2c1cnn2C. The first-order valence-corrected chi connectivity index (χ1v) is 4.90. The maximum atomic E-state index is 9.06. The molecule has 0 aliphatic rings. The van der Waals surface area contributed by atoms with Crippen molar-refractivity contribution in [1.82, 2.24) is 14.8 Å². The summed E-state index contributed by atoms with van der Waals surface area (Å²) in [6.07, 6.45) is 3.29. The van der Waals surface area contributed by atoms with E-state index in [1.165, 1.54) is 0 Å². The number of nitrogens with two attached hydrogens (primary N) is 1. The fraction of sp³-hybridized carbons (Fsp3) is 0.400. The molecule has 0 aliphatic heterocycles. The Bertz CT molecular complexity index is 509. The number of fused-ring (bicyclic) bond motifs is 1. The lowest BCUT2D eigenvalue weighted by molar-refractivity contribution is 0.264. The molecule has 6 nitrogen and oxygen atoms in total. The number of aromatic nitrogens is 3. The maximum absolute atomic E-state index is 9.06. The van der Waals surface area contributed by atoms with Gasteiger partial charge in [-0.15, -0.1) is 0 Å². The Morgan fingerprint density at radius 3 is 2.94 bits per heavy atom. The first kappa shape index (κ1) is 10.8. The third-order valence-corrected chi connectivity index (χ3v) is 2.54. The third-order valence-electron chi connectivity index (χ3n) is 2.54. The molecule has 16 heavy (non-hydrogen) atoms. The second kappa shape index (κ2) is 4.07. The van der Waals surface area contributed by atoms with Gasteiger partial charge in [0.25, 0.3) is 0 Å². The molecule has 3 N–H and O–H groups in total. The van der Waals surface area contributed by atoms with Gasteiger partial charge in [-0.05, 0) is 0 Å². The molecule has 1 unspecified atom stereocenters. The number of aryl methyl sites for hydroxylation is 1. The molecule has 2 aromatic rings. The molecule has 0 saturated heterocycles. The highest BCUT2D eigenvalue weighted by Crippen LogP contribution is 2.30. The molecule has 0 radical (unpaired) electrons. The van der Waals surface area contributed by atoms with Crippen molar-refractivity contribution in [2.45, 2.75) is 6.04 Å². The average Bonchev–Trinajstić information content (AvgIpc) is 2.69. The molecular formula is C10H14N4O2. The standard InChI is InChI=1S/C10H14N4O2/c1-14-10-7(4-13-14)9(16-2)6(3-12-10)8(11)5-15/h3-4,8,15H,5,11H2,1-2H3. The zero-order chi connectivity index (χ0) is 11.7. The van der Waals surface area contributed by atoms with Gasteiger partial charge in [-0.1, -0.05) is 0 Å². The van der Waals surface area contributed by atoms with Crippen LogP contribution in [0.5, 0.6) is 5.75 Å². The van der Waals surface area contributed by atoms with Crippen LogP contribution in [0.4, 0.5) is 0 Å². The third kappa shape index (κ3) is 1.52. The Hall–Kier alpha value is -1.66. The number of ether oxygens (including phenoxy) is 1. The minimum Gasteiger partial charge on any atom is -0.496 e. The van der Waals surface area contributed by atoms with Crippen LogP contribution in [0.1, 0.15) is 11.6 Å². The van der Waals surface area contributed by atoms with Crippen molar-refractivity contribution in [2.75, 3.05) is 13.7 Å². The highest BCUT2D eigenvalue weighted by Gasteiger charge is 2.16. The quantitative estimate of drug-likeness (QED) is 0.761. The van der Waals surface area contributed by atoms with Gasteiger partial charge in [-0.25, -0.2) is 4.98 Å². The van der Waals surface area contributed by atoms with Crippen LogP contribution in [-0.4, -0.2) is 33.6 Å². The fourth-order valence-corrected chi connectivity index (χ4v) is 1.68. The number of aliphatic hydroxyl groups is 1. The molecule has 0 spiro atoms. The van der Waals surface area contributed by atoms with Crippen LogP contribution in [-0.2, 0) is 7.05 Å². The second-order valence-electron chi connectivity index (χ2n) is 3.54. The van der Waals surface area contributed by atoms with Gasteiger partial charge in [0.15, 0.2) is 5.65 Å². The Labute approximate surface area is 92.6 Å². The van der Waals surface area contributed by atoms with Crippen LogP contribution in [0.3, 0.4) is 0 Å². The van der Waals surface area contributed by atoms with Gasteiger partial charge in [-0.3, -0.25) is 4.68 Å². The largest absolute Gasteiger partial charge is 0.496 e. The van der Waals surface area contributed by atoms with Crippen LogP contribution in [0, 0.1) is 0 Å². The summed E-state index contributed by atoms with van der Waals surface area (Å²) in [7, 11) is 3.37. The summed E-state index contributed by atoms with van der Waals surface area (Å²) in [5.41, 5.74) is 7.18. The van der Waals surface area contributed by atoms with Gasteiger partial charge in [0.2, 0.25) is 0 Å². The Morgan fingerprint density at radius 2 is 2.31 bits per heavy atom. The van der Waals surface area contributed by atoms with Crippen LogP contribution in [0.2, 0.25) is 0 Å². The van der Waals surface area contributed by atoms with E-state index >= 15 is 0 Å². The van der Waals surface area contributed by atoms with Crippen LogP contribution >= 0.6 is 0 Å². The summed E-state index contributed by atoms with van der Waals surface area (Å²) in [5.74, 6) is 0.625. The van der Waals surface area contributed by atoms with Crippen LogP contribution in [0.15, 0.2) is 12.4 Å². The zero-order valence-corrected chi connectivity index (χ0v) is 9.21. The number of rotatable bonds is 3. The number of hydrogen-bond acceptors (Lipinski definition) is 5. The number of nitrogens with zero attached hydrogens (tertiary/aromatic N) is 3. The van der Waals surface area contributed by atoms with E-state index in [0.29, 0.717) is 11.3 Å². The summed E-state index contributed by atoms with van der Waals surface area (Å²) >= 11 is 0. The molecule has 2 rings (SSSR count). The second-order valence-corrected chi connectivity index (χ2v) is 3.54. The van der Waals surface area contributed by atoms with E-state index in [2.05, 4.69) is 10.1 Å². The molecule has 1 atom stereocenters. The topological polar surface area (TPSA) is 86.2 Å². The summed E-state index contributed by atoms with van der Waals surface area (Å²) in [5, 5.41) is 14.0. The lowest BCUT2D eigenvalue weighted by atomic mass is 10.1. The maximum Gasteiger partial charge on any atom is 0.161 e. The van der Waals surface area contributed by atoms with Crippen molar-refractivity contribution in [3.63, 3.8) is 0 Å². The number of methoxy groups -OCH3 is 1. The van der Waals surface area contributed by atoms with Gasteiger partial charge in [0.1, 0.15) is 5.75 Å². The molecule has 0 aromatic carbocycles. The van der Waals surface area contributed by atoms with Gasteiger partial charge in [0, 0.05) is 18.8 Å². The van der Waals surface area contributed by atoms with Crippen molar-refractivity contribution in [2.24, 2.45) is 12.8 Å². The van der Waals surface area contributed by atoms with E-state index in [1.54, 1.807) is 31.2 Å². The molecule has 0 fully saturated rings. The summed E-state index contributed by atoms with van der Waals surface area (Å²) in [6, 6.07) is -0.493. The molecular weight excluding hydrogens is 208 g/mol. The Balaban J connectivity index is 2.68. The Kier molecular flexibility index (Phi) is 2.76. The Morgan fingerprint density at radius 1 is 1.56 bits per heavy atom. The van der Waals surface area contributed by atoms with Crippen molar-refractivity contribution in [1.29, 1.82) is 0 Å². The molecule has 6 heteroatoms. The van der Waals surface area contributed by atoms with E-state index in [1.807, 2.05) is 0 Å². The van der Waals surface area contributed by atoms with Crippen LogP contribution in [0.25, 0.3) is 11.0 Å². The predicted octanol–water partition coefficient (Wildman–Crippen LogP) is -0.0310. The van der Waals surface area contributed by atoms with Gasteiger partial charge in [-0.2, -0.15) is 5.10 Å². The minimum absolute atomic E-state index is 0.149.